The molecule has 0 heterocycles. The number of benzene rings is 2. The van der Waals surface area contributed by atoms with Crippen LogP contribution in [0, 0.1) is 5.82 Å². The van der Waals surface area contributed by atoms with Crippen LogP contribution in [0.4, 0.5) is 21.5 Å². The van der Waals surface area contributed by atoms with E-state index in [0.29, 0.717) is 28.0 Å². The van der Waals surface area contributed by atoms with E-state index in [9.17, 15) is 4.39 Å². The van der Waals surface area contributed by atoms with Crippen LogP contribution >= 0.6 is 23.2 Å². The molecule has 0 aliphatic carbocycles. The maximum absolute atomic E-state index is 13.6. The van der Waals surface area contributed by atoms with Gasteiger partial charge in [0.05, 0.1) is 28.0 Å². The van der Waals surface area contributed by atoms with E-state index < -0.39 is 5.82 Å². The van der Waals surface area contributed by atoms with Crippen LogP contribution in [0.15, 0.2) is 30.3 Å². The number of halogens is 3. The van der Waals surface area contributed by atoms with Gasteiger partial charge in [0.1, 0.15) is 0 Å². The van der Waals surface area contributed by atoms with Crippen LogP contribution in [0.3, 0.4) is 0 Å². The van der Waals surface area contributed by atoms with Gasteiger partial charge in [-0.1, -0.05) is 23.2 Å². The van der Waals surface area contributed by atoms with Gasteiger partial charge in [0.2, 0.25) is 0 Å². The van der Waals surface area contributed by atoms with E-state index in [4.69, 9.17) is 33.7 Å². The van der Waals surface area contributed by atoms with Crippen molar-refractivity contribution in [2.24, 2.45) is 0 Å². The fourth-order valence-electron chi connectivity index (χ4n) is 1.67. The fourth-order valence-corrected chi connectivity index (χ4v) is 1.97. The van der Waals surface area contributed by atoms with Crippen molar-refractivity contribution in [2.45, 2.75) is 6.92 Å². The second-order valence-corrected chi connectivity index (χ2v) is 4.87. The molecule has 0 aromatic heterocycles. The van der Waals surface area contributed by atoms with Crippen molar-refractivity contribution in [3.05, 3.63) is 46.2 Å². The van der Waals surface area contributed by atoms with Gasteiger partial charge < -0.3 is 15.8 Å². The first-order valence-corrected chi connectivity index (χ1v) is 6.70. The Bertz CT molecular complexity index is 635. The van der Waals surface area contributed by atoms with Crippen LogP contribution in [-0.2, 0) is 0 Å². The molecule has 2 rings (SSSR count). The van der Waals surface area contributed by atoms with Crippen molar-refractivity contribution >= 4 is 40.3 Å². The lowest BCUT2D eigenvalue weighted by Gasteiger charge is -2.13. The number of nitrogens with one attached hydrogen (secondary N) is 1. The maximum atomic E-state index is 13.6. The Morgan fingerprint density at radius 3 is 2.60 bits per heavy atom. The lowest BCUT2D eigenvalue weighted by atomic mass is 10.2. The Hall–Kier alpha value is -1.65. The van der Waals surface area contributed by atoms with Crippen LogP contribution in [0.1, 0.15) is 6.92 Å². The minimum absolute atomic E-state index is 0.143. The third kappa shape index (κ3) is 3.26. The predicted octanol–water partition coefficient (Wildman–Crippen LogP) is 4.86. The van der Waals surface area contributed by atoms with Crippen LogP contribution in [0.25, 0.3) is 0 Å². The summed E-state index contributed by atoms with van der Waals surface area (Å²) in [4.78, 5) is 0. The zero-order valence-electron chi connectivity index (χ0n) is 10.7. The van der Waals surface area contributed by atoms with Crippen LogP contribution in [0.2, 0.25) is 10.0 Å². The van der Waals surface area contributed by atoms with Crippen LogP contribution in [0.5, 0.6) is 5.75 Å². The second kappa shape index (κ2) is 6.20. The van der Waals surface area contributed by atoms with E-state index >= 15 is 0 Å². The zero-order valence-corrected chi connectivity index (χ0v) is 12.2. The summed E-state index contributed by atoms with van der Waals surface area (Å²) in [6.07, 6.45) is 0. The van der Waals surface area contributed by atoms with Crippen molar-refractivity contribution in [1.82, 2.24) is 0 Å². The van der Waals surface area contributed by atoms with Crippen molar-refractivity contribution in [3.8, 4) is 5.75 Å². The maximum Gasteiger partial charge on any atom is 0.167 e. The Morgan fingerprint density at radius 1 is 1.20 bits per heavy atom. The van der Waals surface area contributed by atoms with Crippen molar-refractivity contribution in [1.29, 1.82) is 0 Å². The fraction of sp³-hybridized carbons (Fsp3) is 0.143. The topological polar surface area (TPSA) is 47.3 Å². The van der Waals surface area contributed by atoms with Crippen molar-refractivity contribution in [3.63, 3.8) is 0 Å². The molecule has 0 saturated heterocycles. The van der Waals surface area contributed by atoms with Gasteiger partial charge in [0, 0.05) is 17.8 Å². The lowest BCUT2D eigenvalue weighted by molar-refractivity contribution is 0.322. The minimum atomic E-state index is -0.496. The molecular weight excluding hydrogens is 302 g/mol. The highest BCUT2D eigenvalue weighted by molar-refractivity contribution is 6.42. The lowest BCUT2D eigenvalue weighted by Crippen LogP contribution is -2.01. The highest BCUT2D eigenvalue weighted by Gasteiger charge is 2.09. The van der Waals surface area contributed by atoms with E-state index in [0.717, 1.165) is 0 Å². The van der Waals surface area contributed by atoms with Crippen molar-refractivity contribution < 1.29 is 9.13 Å². The minimum Gasteiger partial charge on any atom is -0.491 e. The predicted molar refractivity (Wildman–Crippen MR) is 81.7 cm³/mol. The Morgan fingerprint density at radius 2 is 1.95 bits per heavy atom. The number of hydrogen-bond acceptors (Lipinski definition) is 3. The monoisotopic (exact) mass is 314 g/mol. The Balaban J connectivity index is 2.32. The SMILES string of the molecule is CCOc1cc(Nc2ccc(Cl)c(Cl)c2)c(N)cc1F. The number of nitrogen functional groups attached to an aromatic ring is 1. The van der Waals surface area contributed by atoms with Gasteiger partial charge in [-0.05, 0) is 25.1 Å². The first kappa shape index (κ1) is 14.8. The summed E-state index contributed by atoms with van der Waals surface area (Å²) in [6, 6.07) is 7.79. The molecule has 20 heavy (non-hydrogen) atoms. The molecule has 0 saturated carbocycles. The van der Waals surface area contributed by atoms with Gasteiger partial charge in [0.15, 0.2) is 11.6 Å². The molecule has 0 fully saturated rings. The van der Waals surface area contributed by atoms with Crippen molar-refractivity contribution in [2.75, 3.05) is 17.7 Å². The molecule has 3 N–H and O–H groups in total. The smallest absolute Gasteiger partial charge is 0.167 e. The zero-order chi connectivity index (χ0) is 14.7. The van der Waals surface area contributed by atoms with Gasteiger partial charge in [-0.2, -0.15) is 0 Å². The molecule has 0 bridgehead atoms. The van der Waals surface area contributed by atoms with E-state index in [2.05, 4.69) is 5.32 Å². The molecule has 0 atom stereocenters. The summed E-state index contributed by atoms with van der Waals surface area (Å²) in [5.74, 6) is -0.353. The molecule has 106 valence electrons. The Kier molecular flexibility index (Phi) is 4.57. The average molecular weight is 315 g/mol. The highest BCUT2D eigenvalue weighted by Crippen LogP contribution is 2.32. The number of nitrogens with two attached hydrogens (primary N) is 1. The summed E-state index contributed by atoms with van der Waals surface area (Å²) >= 11 is 11.8. The standard InChI is InChI=1S/C14H13Cl2FN2O/c1-2-20-14-7-13(12(18)6-11(14)17)19-8-3-4-9(15)10(16)5-8/h3-7,19H,2,18H2,1H3. The van der Waals surface area contributed by atoms with Gasteiger partial charge >= 0.3 is 0 Å². The van der Waals surface area contributed by atoms with E-state index in [1.165, 1.54) is 12.1 Å². The number of ether oxygens (including phenoxy) is 1. The van der Waals surface area contributed by atoms with Crippen LogP contribution in [-0.4, -0.2) is 6.61 Å². The van der Waals surface area contributed by atoms with E-state index in [1.54, 1.807) is 25.1 Å². The average Bonchev–Trinajstić information content (AvgIpc) is 2.39. The highest BCUT2D eigenvalue weighted by atomic mass is 35.5. The van der Waals surface area contributed by atoms with Crippen LogP contribution < -0.4 is 15.8 Å². The molecule has 2 aromatic carbocycles. The van der Waals surface area contributed by atoms with Gasteiger partial charge in [-0.25, -0.2) is 4.39 Å². The van der Waals surface area contributed by atoms with E-state index in [-0.39, 0.29) is 11.4 Å². The van der Waals surface area contributed by atoms with Gasteiger partial charge in [0.25, 0.3) is 0 Å². The first-order valence-electron chi connectivity index (χ1n) is 5.95. The summed E-state index contributed by atoms with van der Waals surface area (Å²) in [7, 11) is 0. The summed E-state index contributed by atoms with van der Waals surface area (Å²) in [5.41, 5.74) is 7.29. The normalized spacial score (nSPS) is 10.4. The largest absolute Gasteiger partial charge is 0.491 e. The Labute approximate surface area is 126 Å². The quantitative estimate of drug-likeness (QED) is 0.792. The first-order chi connectivity index (χ1) is 9.51. The molecule has 0 radical (unpaired) electrons. The molecule has 0 aliphatic heterocycles. The third-order valence-electron chi connectivity index (χ3n) is 2.60. The molecule has 6 heteroatoms. The second-order valence-electron chi connectivity index (χ2n) is 4.06. The molecule has 0 amide bonds. The van der Waals surface area contributed by atoms with Gasteiger partial charge in [-0.15, -0.1) is 0 Å². The van der Waals surface area contributed by atoms with Gasteiger partial charge in [-0.3, -0.25) is 0 Å². The molecule has 3 nitrogen and oxygen atoms in total. The van der Waals surface area contributed by atoms with E-state index in [1.807, 2.05) is 0 Å². The number of hydrogen-bond donors (Lipinski definition) is 2. The third-order valence-corrected chi connectivity index (χ3v) is 3.34. The molecule has 0 spiro atoms. The molecule has 2 aromatic rings. The number of anilines is 3. The molecular formula is C14H13Cl2FN2O. The summed E-state index contributed by atoms with van der Waals surface area (Å²) < 4.78 is 18.8. The molecule has 0 unspecified atom stereocenters. The summed E-state index contributed by atoms with van der Waals surface area (Å²) in [6.45, 7) is 2.15. The molecule has 0 aliphatic rings. The summed E-state index contributed by atoms with van der Waals surface area (Å²) in [5, 5.41) is 3.93. The number of rotatable bonds is 4.